The number of halogens is 1. The Morgan fingerprint density at radius 3 is 2.57 bits per heavy atom. The highest BCUT2D eigenvalue weighted by Crippen LogP contribution is 2.30. The monoisotopic (exact) mass is 352 g/mol. The third-order valence-corrected chi connectivity index (χ3v) is 5.36. The van der Waals surface area contributed by atoms with E-state index in [1.54, 1.807) is 0 Å². The van der Waals surface area contributed by atoms with E-state index in [2.05, 4.69) is 65.1 Å². The van der Waals surface area contributed by atoms with Gasteiger partial charge in [-0.15, -0.1) is 0 Å². The molecule has 1 N–H and O–H groups in total. The predicted molar refractivity (Wildman–Crippen MR) is 95.9 cm³/mol. The van der Waals surface area contributed by atoms with Crippen LogP contribution < -0.4 is 10.2 Å². The Morgan fingerprint density at radius 2 is 2.00 bits per heavy atom. The molecule has 1 fully saturated rings. The van der Waals surface area contributed by atoms with Gasteiger partial charge in [0.25, 0.3) is 0 Å². The molecule has 1 saturated heterocycles. The molecule has 1 aromatic carbocycles. The summed E-state index contributed by atoms with van der Waals surface area (Å²) >= 11 is 3.73. The molecular weight excluding hydrogens is 324 g/mol. The van der Waals surface area contributed by atoms with Crippen LogP contribution in [-0.4, -0.2) is 19.6 Å². The molecule has 2 rings (SSSR count). The molecule has 1 aliphatic rings. The van der Waals surface area contributed by atoms with E-state index in [0.29, 0.717) is 0 Å². The van der Waals surface area contributed by atoms with Crippen LogP contribution in [0.5, 0.6) is 0 Å². The first kappa shape index (κ1) is 16.8. The average molecular weight is 353 g/mol. The molecule has 0 atom stereocenters. The fourth-order valence-electron chi connectivity index (χ4n) is 3.10. The molecule has 1 aliphatic heterocycles. The number of nitrogens with one attached hydrogen (secondary N) is 1. The number of rotatable bonds is 6. The van der Waals surface area contributed by atoms with Gasteiger partial charge in [-0.25, -0.2) is 0 Å². The summed E-state index contributed by atoms with van der Waals surface area (Å²) in [5.74, 6) is 1.73. The first-order valence-electron chi connectivity index (χ1n) is 8.36. The Hall–Kier alpha value is -0.540. The lowest BCUT2D eigenvalue weighted by Gasteiger charge is -2.35. The van der Waals surface area contributed by atoms with Gasteiger partial charge in [0.1, 0.15) is 0 Å². The number of hydrogen-bond donors (Lipinski definition) is 1. The first-order chi connectivity index (χ1) is 10.1. The molecule has 0 spiro atoms. The maximum atomic E-state index is 3.73. The van der Waals surface area contributed by atoms with Crippen molar-refractivity contribution in [3.05, 3.63) is 28.2 Å². The molecular formula is C18H29BrN2. The van der Waals surface area contributed by atoms with Gasteiger partial charge >= 0.3 is 0 Å². The van der Waals surface area contributed by atoms with E-state index in [9.17, 15) is 0 Å². The maximum Gasteiger partial charge on any atom is 0.0377 e. The summed E-state index contributed by atoms with van der Waals surface area (Å²) in [5.41, 5.74) is 2.72. The zero-order valence-electron chi connectivity index (χ0n) is 13.7. The van der Waals surface area contributed by atoms with Crippen LogP contribution in [0.2, 0.25) is 0 Å². The van der Waals surface area contributed by atoms with Gasteiger partial charge in [-0.2, -0.15) is 0 Å². The Bertz CT molecular complexity index is 437. The molecule has 21 heavy (non-hydrogen) atoms. The van der Waals surface area contributed by atoms with E-state index in [0.717, 1.165) is 24.9 Å². The summed E-state index contributed by atoms with van der Waals surface area (Å²) in [4.78, 5) is 2.53. The minimum absolute atomic E-state index is 0.825. The summed E-state index contributed by atoms with van der Waals surface area (Å²) in [6.07, 6.45) is 3.84. The third-order valence-electron chi connectivity index (χ3n) is 4.63. The molecule has 1 aromatic rings. The lowest BCUT2D eigenvalue weighted by atomic mass is 9.86. The average Bonchev–Trinajstić information content (AvgIpc) is 2.49. The Morgan fingerprint density at radius 1 is 1.29 bits per heavy atom. The quantitative estimate of drug-likeness (QED) is 0.738. The number of hydrogen-bond acceptors (Lipinski definition) is 2. The van der Waals surface area contributed by atoms with Crippen molar-refractivity contribution >= 4 is 21.6 Å². The van der Waals surface area contributed by atoms with Crippen LogP contribution in [0.15, 0.2) is 22.7 Å². The predicted octanol–water partition coefficient (Wildman–Crippen LogP) is 4.82. The largest absolute Gasteiger partial charge is 0.371 e. The van der Waals surface area contributed by atoms with E-state index in [4.69, 9.17) is 0 Å². The van der Waals surface area contributed by atoms with E-state index in [1.165, 1.54) is 48.1 Å². The molecule has 1 heterocycles. The van der Waals surface area contributed by atoms with Crippen LogP contribution in [0.25, 0.3) is 0 Å². The Labute approximate surface area is 138 Å². The van der Waals surface area contributed by atoms with Gasteiger partial charge < -0.3 is 10.2 Å². The molecule has 0 radical (unpaired) electrons. The highest BCUT2D eigenvalue weighted by atomic mass is 79.9. The molecule has 118 valence electrons. The summed E-state index contributed by atoms with van der Waals surface area (Å²) in [6.45, 7) is 11.3. The minimum atomic E-state index is 0.825. The minimum Gasteiger partial charge on any atom is -0.371 e. The van der Waals surface area contributed by atoms with Crippen molar-refractivity contribution in [1.29, 1.82) is 0 Å². The van der Waals surface area contributed by atoms with Gasteiger partial charge in [-0.05, 0) is 55.3 Å². The van der Waals surface area contributed by atoms with Crippen molar-refractivity contribution in [2.75, 3.05) is 24.5 Å². The van der Waals surface area contributed by atoms with Crippen LogP contribution in [0.1, 0.15) is 45.6 Å². The van der Waals surface area contributed by atoms with Crippen LogP contribution in [0.4, 0.5) is 5.69 Å². The summed E-state index contributed by atoms with van der Waals surface area (Å²) in [6, 6.07) is 6.83. The smallest absolute Gasteiger partial charge is 0.0377 e. The summed E-state index contributed by atoms with van der Waals surface area (Å²) in [5, 5.41) is 3.47. The van der Waals surface area contributed by atoms with Crippen molar-refractivity contribution in [2.45, 2.75) is 46.6 Å². The topological polar surface area (TPSA) is 15.3 Å². The van der Waals surface area contributed by atoms with Crippen molar-refractivity contribution in [2.24, 2.45) is 11.8 Å². The van der Waals surface area contributed by atoms with Gasteiger partial charge in [-0.3, -0.25) is 0 Å². The van der Waals surface area contributed by atoms with Crippen molar-refractivity contribution in [3.8, 4) is 0 Å². The number of benzene rings is 1. The van der Waals surface area contributed by atoms with Gasteiger partial charge in [0.15, 0.2) is 0 Å². The molecule has 0 aromatic heterocycles. The molecule has 2 nitrogen and oxygen atoms in total. The van der Waals surface area contributed by atoms with E-state index in [1.807, 2.05) is 0 Å². The fraction of sp³-hybridized carbons (Fsp3) is 0.667. The highest BCUT2D eigenvalue weighted by Gasteiger charge is 2.21. The molecule has 0 aliphatic carbocycles. The zero-order chi connectivity index (χ0) is 15.2. The van der Waals surface area contributed by atoms with Crippen LogP contribution in [-0.2, 0) is 6.54 Å². The Balaban J connectivity index is 1.94. The van der Waals surface area contributed by atoms with Crippen LogP contribution in [0, 0.1) is 11.8 Å². The van der Waals surface area contributed by atoms with Crippen molar-refractivity contribution in [3.63, 3.8) is 0 Å². The van der Waals surface area contributed by atoms with E-state index >= 15 is 0 Å². The molecule has 0 bridgehead atoms. The van der Waals surface area contributed by atoms with E-state index < -0.39 is 0 Å². The summed E-state index contributed by atoms with van der Waals surface area (Å²) < 4.78 is 1.23. The highest BCUT2D eigenvalue weighted by molar-refractivity contribution is 9.10. The standard InChI is InChI=1S/C18H29BrN2/c1-4-9-20-13-16-5-6-17(12-18(16)19)21-10-7-15(8-11-21)14(2)3/h5-6,12,14-15,20H,4,7-11,13H2,1-3H3. The van der Waals surface area contributed by atoms with E-state index in [-0.39, 0.29) is 0 Å². The Kier molecular flexibility index (Phi) is 6.56. The first-order valence-corrected chi connectivity index (χ1v) is 9.15. The lowest BCUT2D eigenvalue weighted by molar-refractivity contribution is 0.311. The number of anilines is 1. The molecule has 3 heteroatoms. The van der Waals surface area contributed by atoms with Gasteiger partial charge in [-0.1, -0.05) is 42.8 Å². The van der Waals surface area contributed by atoms with Crippen LogP contribution in [0.3, 0.4) is 0 Å². The normalized spacial score (nSPS) is 16.7. The van der Waals surface area contributed by atoms with Gasteiger partial charge in [0.05, 0.1) is 0 Å². The fourth-order valence-corrected chi connectivity index (χ4v) is 3.61. The van der Waals surface area contributed by atoms with Crippen molar-refractivity contribution < 1.29 is 0 Å². The number of nitrogens with zero attached hydrogens (tertiary/aromatic N) is 1. The van der Waals surface area contributed by atoms with Gasteiger partial charge in [0, 0.05) is 29.8 Å². The lowest BCUT2D eigenvalue weighted by Crippen LogP contribution is -2.35. The van der Waals surface area contributed by atoms with Gasteiger partial charge in [0.2, 0.25) is 0 Å². The van der Waals surface area contributed by atoms with Crippen LogP contribution >= 0.6 is 15.9 Å². The zero-order valence-corrected chi connectivity index (χ0v) is 15.2. The SMILES string of the molecule is CCCNCc1ccc(N2CCC(C(C)C)CC2)cc1Br. The number of piperidine rings is 1. The molecule has 0 unspecified atom stereocenters. The second kappa shape index (κ2) is 8.19. The maximum absolute atomic E-state index is 3.73. The molecule has 0 amide bonds. The second-order valence-electron chi connectivity index (χ2n) is 6.52. The molecule has 0 saturated carbocycles. The summed E-state index contributed by atoms with van der Waals surface area (Å²) in [7, 11) is 0. The third kappa shape index (κ3) is 4.72. The van der Waals surface area contributed by atoms with Crippen molar-refractivity contribution in [1.82, 2.24) is 5.32 Å². The second-order valence-corrected chi connectivity index (χ2v) is 7.38.